The van der Waals surface area contributed by atoms with E-state index in [2.05, 4.69) is 41.5 Å². The SMILES string of the molecule is CC(C)[Si](O[C@@H](C)CC(=O)CC(=O)CC1=CC(=O)OC(C)(c2ccccc2)O1)(C(C)C)C(C)C. The number of Topliss-reactive ketones (excluding diaryl/α,β-unsaturated/α-hetero) is 2. The first kappa shape index (κ1) is 28.0. The molecule has 0 saturated carbocycles. The van der Waals surface area contributed by atoms with E-state index in [1.807, 2.05) is 25.1 Å². The molecule has 0 saturated heterocycles. The van der Waals surface area contributed by atoms with Crippen molar-refractivity contribution in [1.82, 2.24) is 0 Å². The Bertz CT molecular complexity index is 883. The molecular formula is C27H40O6Si. The van der Waals surface area contributed by atoms with Gasteiger partial charge in [-0.05, 0) is 23.5 Å². The van der Waals surface area contributed by atoms with Gasteiger partial charge >= 0.3 is 5.97 Å². The Balaban J connectivity index is 1.98. The molecule has 1 aromatic carbocycles. The maximum absolute atomic E-state index is 12.7. The van der Waals surface area contributed by atoms with E-state index >= 15 is 0 Å². The number of allylic oxidation sites excluding steroid dienone is 1. The van der Waals surface area contributed by atoms with Crippen LogP contribution in [0.3, 0.4) is 0 Å². The molecule has 7 heteroatoms. The minimum absolute atomic E-state index is 0.138. The van der Waals surface area contributed by atoms with Gasteiger partial charge in [0.15, 0.2) is 0 Å². The summed E-state index contributed by atoms with van der Waals surface area (Å²) in [5.41, 5.74) is 1.92. The predicted octanol–water partition coefficient (Wildman–Crippen LogP) is 6.21. The molecule has 1 heterocycles. The molecule has 0 fully saturated rings. The third kappa shape index (κ3) is 6.66. The molecule has 0 radical (unpaired) electrons. The van der Waals surface area contributed by atoms with Gasteiger partial charge in [-0.15, -0.1) is 0 Å². The van der Waals surface area contributed by atoms with Gasteiger partial charge in [-0.1, -0.05) is 71.9 Å². The quantitative estimate of drug-likeness (QED) is 0.198. The number of cyclic esters (lactones) is 1. The number of carbonyl (C=O) groups is 3. The summed E-state index contributed by atoms with van der Waals surface area (Å²) in [5.74, 6) is -2.15. The molecule has 0 spiro atoms. The van der Waals surface area contributed by atoms with E-state index < -0.39 is 20.1 Å². The van der Waals surface area contributed by atoms with Crippen molar-refractivity contribution in [2.75, 3.05) is 0 Å². The molecule has 0 amide bonds. The summed E-state index contributed by atoms with van der Waals surface area (Å²) in [5, 5.41) is 0. The van der Waals surface area contributed by atoms with Gasteiger partial charge in [0, 0.05) is 25.0 Å². The van der Waals surface area contributed by atoms with Crippen LogP contribution in [0.2, 0.25) is 16.6 Å². The summed E-state index contributed by atoms with van der Waals surface area (Å²) in [6.45, 7) is 16.8. The van der Waals surface area contributed by atoms with Crippen molar-refractivity contribution in [3.63, 3.8) is 0 Å². The Labute approximate surface area is 205 Å². The van der Waals surface area contributed by atoms with Crippen LogP contribution in [0.5, 0.6) is 0 Å². The van der Waals surface area contributed by atoms with Crippen LogP contribution >= 0.6 is 0 Å². The van der Waals surface area contributed by atoms with Gasteiger partial charge in [-0.3, -0.25) is 9.59 Å². The fourth-order valence-electron chi connectivity index (χ4n) is 5.27. The minimum Gasteiger partial charge on any atom is -0.452 e. The molecule has 1 aliphatic heterocycles. The van der Waals surface area contributed by atoms with E-state index in [4.69, 9.17) is 13.9 Å². The molecular weight excluding hydrogens is 448 g/mol. The number of benzene rings is 1. The smallest absolute Gasteiger partial charge is 0.337 e. The van der Waals surface area contributed by atoms with E-state index in [0.29, 0.717) is 22.2 Å². The summed E-state index contributed by atoms with van der Waals surface area (Å²) in [4.78, 5) is 37.5. The molecule has 0 N–H and O–H groups in total. The maximum atomic E-state index is 12.7. The zero-order valence-electron chi connectivity index (χ0n) is 21.8. The molecule has 0 aliphatic carbocycles. The Morgan fingerprint density at radius 1 is 0.912 bits per heavy atom. The highest BCUT2D eigenvalue weighted by molar-refractivity contribution is 6.77. The van der Waals surface area contributed by atoms with Crippen LogP contribution in [-0.2, 0) is 34.1 Å². The van der Waals surface area contributed by atoms with Crippen LogP contribution in [0.4, 0.5) is 0 Å². The zero-order chi connectivity index (χ0) is 25.7. The normalized spacial score (nSPS) is 19.6. The Morgan fingerprint density at radius 2 is 1.47 bits per heavy atom. The van der Waals surface area contributed by atoms with Crippen molar-refractivity contribution in [1.29, 1.82) is 0 Å². The van der Waals surface area contributed by atoms with Crippen molar-refractivity contribution in [2.45, 2.75) is 103 Å². The van der Waals surface area contributed by atoms with Crippen LogP contribution in [0.15, 0.2) is 42.2 Å². The monoisotopic (exact) mass is 488 g/mol. The van der Waals surface area contributed by atoms with Crippen LogP contribution in [0, 0.1) is 0 Å². The molecule has 2 rings (SSSR count). The topological polar surface area (TPSA) is 78.9 Å². The number of esters is 1. The van der Waals surface area contributed by atoms with Crippen LogP contribution < -0.4 is 0 Å². The van der Waals surface area contributed by atoms with Crippen molar-refractivity contribution in [2.24, 2.45) is 0 Å². The lowest BCUT2D eigenvalue weighted by molar-refractivity contribution is -0.219. The fourth-order valence-corrected chi connectivity index (χ4v) is 10.9. The first-order valence-corrected chi connectivity index (χ1v) is 14.3. The van der Waals surface area contributed by atoms with E-state index in [0.717, 1.165) is 0 Å². The second-order valence-electron chi connectivity index (χ2n) is 10.3. The highest BCUT2D eigenvalue weighted by Gasteiger charge is 2.46. The van der Waals surface area contributed by atoms with E-state index in [1.165, 1.54) is 6.08 Å². The summed E-state index contributed by atoms with van der Waals surface area (Å²) in [6, 6.07) is 9.07. The number of hydrogen-bond acceptors (Lipinski definition) is 6. The molecule has 6 nitrogen and oxygen atoms in total. The maximum Gasteiger partial charge on any atom is 0.337 e. The minimum atomic E-state index is -2.11. The summed E-state index contributed by atoms with van der Waals surface area (Å²) >= 11 is 0. The lowest BCUT2D eigenvalue weighted by Crippen LogP contribution is -2.50. The van der Waals surface area contributed by atoms with Crippen molar-refractivity contribution >= 4 is 25.9 Å². The summed E-state index contributed by atoms with van der Waals surface area (Å²) < 4.78 is 17.9. The van der Waals surface area contributed by atoms with Gasteiger partial charge in [0.05, 0.1) is 18.9 Å². The number of ketones is 2. The zero-order valence-corrected chi connectivity index (χ0v) is 22.8. The van der Waals surface area contributed by atoms with Crippen LogP contribution in [0.1, 0.15) is 80.2 Å². The predicted molar refractivity (Wildman–Crippen MR) is 135 cm³/mol. The number of ether oxygens (including phenoxy) is 2. The molecule has 1 unspecified atom stereocenters. The number of hydrogen-bond donors (Lipinski definition) is 0. The molecule has 188 valence electrons. The van der Waals surface area contributed by atoms with Crippen LogP contribution in [-0.4, -0.2) is 32.0 Å². The second-order valence-corrected chi connectivity index (χ2v) is 15.7. The van der Waals surface area contributed by atoms with Gasteiger partial charge in [0.2, 0.25) is 8.32 Å². The average molecular weight is 489 g/mol. The first-order chi connectivity index (χ1) is 15.8. The molecule has 0 bridgehead atoms. The average Bonchev–Trinajstić information content (AvgIpc) is 2.70. The summed E-state index contributed by atoms with van der Waals surface area (Å²) in [7, 11) is -2.11. The third-order valence-electron chi connectivity index (χ3n) is 6.59. The van der Waals surface area contributed by atoms with Gasteiger partial charge in [0.1, 0.15) is 17.3 Å². The standard InChI is InChI=1S/C27H40O6Si/c1-18(2)34(19(3)4,20(5)6)33-21(7)14-23(28)15-24(29)16-25-17-26(30)32-27(8,31-25)22-12-10-9-11-13-22/h9-13,17-21H,14-16H2,1-8H3/t21-,27?/m0/s1. The Morgan fingerprint density at radius 3 is 2.00 bits per heavy atom. The fraction of sp³-hybridized carbons (Fsp3) is 0.593. The highest BCUT2D eigenvalue weighted by Crippen LogP contribution is 2.43. The summed E-state index contributed by atoms with van der Waals surface area (Å²) in [6.07, 6.45) is 0.760. The van der Waals surface area contributed by atoms with Crippen molar-refractivity contribution in [3.05, 3.63) is 47.7 Å². The molecule has 1 aromatic rings. The van der Waals surface area contributed by atoms with Gasteiger partial charge in [-0.25, -0.2) is 4.79 Å². The van der Waals surface area contributed by atoms with E-state index in [9.17, 15) is 14.4 Å². The Hall–Kier alpha value is -2.25. The van der Waals surface area contributed by atoms with Gasteiger partial charge in [-0.2, -0.15) is 0 Å². The Kier molecular flexibility index (Phi) is 9.42. The second kappa shape index (κ2) is 11.4. The third-order valence-corrected chi connectivity index (χ3v) is 12.8. The molecule has 34 heavy (non-hydrogen) atoms. The number of carbonyl (C=O) groups excluding carboxylic acids is 3. The highest BCUT2D eigenvalue weighted by atomic mass is 28.4. The van der Waals surface area contributed by atoms with Crippen LogP contribution in [0.25, 0.3) is 0 Å². The lowest BCUT2D eigenvalue weighted by Gasteiger charge is -2.44. The largest absolute Gasteiger partial charge is 0.452 e. The lowest BCUT2D eigenvalue weighted by atomic mass is 10.0. The first-order valence-electron chi connectivity index (χ1n) is 12.2. The molecule has 2 atom stereocenters. The molecule has 1 aliphatic rings. The van der Waals surface area contributed by atoms with Crippen molar-refractivity contribution in [3.8, 4) is 0 Å². The number of rotatable bonds is 12. The van der Waals surface area contributed by atoms with Gasteiger partial charge < -0.3 is 13.9 Å². The van der Waals surface area contributed by atoms with Gasteiger partial charge in [0.25, 0.3) is 5.79 Å². The molecule has 0 aromatic heterocycles. The van der Waals surface area contributed by atoms with E-state index in [1.54, 1.807) is 19.1 Å². The van der Waals surface area contributed by atoms with Crippen molar-refractivity contribution < 1.29 is 28.3 Å². The van der Waals surface area contributed by atoms with E-state index in [-0.39, 0.29) is 42.7 Å².